The molecule has 1 rings (SSSR count). The van der Waals surface area contributed by atoms with Gasteiger partial charge in [0.1, 0.15) is 0 Å². The Morgan fingerprint density at radius 1 is 1.62 bits per heavy atom. The van der Waals surface area contributed by atoms with E-state index in [1.54, 1.807) is 19.3 Å². The number of nitrogens with zero attached hydrogens (tertiary/aromatic N) is 2. The van der Waals surface area contributed by atoms with Crippen LogP contribution < -0.4 is 4.90 Å². The predicted molar refractivity (Wildman–Crippen MR) is 63.8 cm³/mol. The molecule has 0 unspecified atom stereocenters. The number of halogens is 1. The molecule has 0 radical (unpaired) electrons. The molecular weight excluding hydrogens is 228 g/mol. The fourth-order valence-electron chi connectivity index (χ4n) is 1.29. The Morgan fingerprint density at radius 2 is 2.38 bits per heavy atom. The van der Waals surface area contributed by atoms with Crippen molar-refractivity contribution in [3.05, 3.63) is 23.5 Å². The molecule has 16 heavy (non-hydrogen) atoms. The molecule has 1 aromatic heterocycles. The van der Waals surface area contributed by atoms with E-state index in [0.29, 0.717) is 24.6 Å². The summed E-state index contributed by atoms with van der Waals surface area (Å²) in [6, 6.07) is 1.81. The largest absolute Gasteiger partial charge is 0.466 e. The normalized spacial score (nSPS) is 9.94. The minimum Gasteiger partial charge on any atom is -0.466 e. The molecule has 0 bridgehead atoms. The van der Waals surface area contributed by atoms with Gasteiger partial charge in [-0.2, -0.15) is 0 Å². The van der Waals surface area contributed by atoms with Gasteiger partial charge < -0.3 is 9.64 Å². The lowest BCUT2D eigenvalue weighted by molar-refractivity contribution is -0.142. The number of hydrogen-bond acceptors (Lipinski definition) is 4. The number of hydrogen-bond donors (Lipinski definition) is 0. The third-order valence-electron chi connectivity index (χ3n) is 2.12. The zero-order chi connectivity index (χ0) is 12.0. The lowest BCUT2D eigenvalue weighted by atomic mass is 10.3. The van der Waals surface area contributed by atoms with Crippen LogP contribution in [-0.4, -0.2) is 31.2 Å². The highest BCUT2D eigenvalue weighted by Crippen LogP contribution is 2.22. The molecule has 5 heteroatoms. The van der Waals surface area contributed by atoms with Gasteiger partial charge in [-0.05, 0) is 13.0 Å². The topological polar surface area (TPSA) is 42.4 Å². The van der Waals surface area contributed by atoms with Crippen LogP contribution in [0.5, 0.6) is 0 Å². The minimum atomic E-state index is -0.195. The first-order valence-corrected chi connectivity index (χ1v) is 5.49. The van der Waals surface area contributed by atoms with Crippen LogP contribution in [0.4, 0.5) is 5.69 Å². The van der Waals surface area contributed by atoms with Crippen LogP contribution in [0.2, 0.25) is 5.02 Å². The number of carbonyl (C=O) groups is 1. The molecule has 0 aromatic carbocycles. The number of carbonyl (C=O) groups excluding carboxylic acids is 1. The summed E-state index contributed by atoms with van der Waals surface area (Å²) in [7, 11) is 1.88. The molecule has 0 saturated carbocycles. The molecule has 1 aromatic rings. The molecule has 0 atom stereocenters. The summed E-state index contributed by atoms with van der Waals surface area (Å²) in [5.41, 5.74) is 0.862. The maximum Gasteiger partial charge on any atom is 0.307 e. The molecule has 4 nitrogen and oxygen atoms in total. The standard InChI is InChI=1S/C11H15ClN2O2/c1-3-16-11(15)5-7-14(2)10-4-6-13-8-9(10)12/h4,6,8H,3,5,7H2,1-2H3. The van der Waals surface area contributed by atoms with Crippen LogP contribution in [0.25, 0.3) is 0 Å². The lowest BCUT2D eigenvalue weighted by Gasteiger charge is -2.19. The number of anilines is 1. The van der Waals surface area contributed by atoms with Gasteiger partial charge in [0.2, 0.25) is 0 Å². The van der Waals surface area contributed by atoms with Crippen LogP contribution in [0.1, 0.15) is 13.3 Å². The van der Waals surface area contributed by atoms with E-state index in [1.807, 2.05) is 18.0 Å². The predicted octanol–water partition coefficient (Wildman–Crippen LogP) is 2.12. The fourth-order valence-corrected chi connectivity index (χ4v) is 1.55. The summed E-state index contributed by atoms with van der Waals surface area (Å²) in [6.07, 6.45) is 3.60. The Labute approximate surface area is 100 Å². The van der Waals surface area contributed by atoms with E-state index >= 15 is 0 Å². The van der Waals surface area contributed by atoms with Crippen LogP contribution in [-0.2, 0) is 9.53 Å². The third kappa shape index (κ3) is 3.70. The molecule has 1 heterocycles. The van der Waals surface area contributed by atoms with E-state index in [0.717, 1.165) is 5.69 Å². The molecule has 0 aliphatic rings. The second-order valence-corrected chi connectivity index (χ2v) is 3.71. The first-order valence-electron chi connectivity index (χ1n) is 5.11. The average molecular weight is 243 g/mol. The highest BCUT2D eigenvalue weighted by atomic mass is 35.5. The molecule has 0 spiro atoms. The quantitative estimate of drug-likeness (QED) is 0.742. The van der Waals surface area contributed by atoms with Crippen LogP contribution in [0.3, 0.4) is 0 Å². The van der Waals surface area contributed by atoms with Crippen molar-refractivity contribution in [3.8, 4) is 0 Å². The Kier molecular flexibility index (Phi) is 5.05. The second kappa shape index (κ2) is 6.33. The highest BCUT2D eigenvalue weighted by Gasteiger charge is 2.08. The maximum absolute atomic E-state index is 11.2. The second-order valence-electron chi connectivity index (χ2n) is 3.30. The molecule has 0 fully saturated rings. The molecule has 0 aliphatic heterocycles. The Hall–Kier alpha value is -1.29. The monoisotopic (exact) mass is 242 g/mol. The van der Waals surface area contributed by atoms with Gasteiger partial charge in [-0.3, -0.25) is 9.78 Å². The third-order valence-corrected chi connectivity index (χ3v) is 2.41. The molecular formula is C11H15ClN2O2. The van der Waals surface area contributed by atoms with Crippen LogP contribution in [0, 0.1) is 0 Å². The number of rotatable bonds is 5. The first kappa shape index (κ1) is 12.8. The molecule has 0 amide bonds. The van der Waals surface area contributed by atoms with Gasteiger partial charge in [-0.25, -0.2) is 0 Å². The SMILES string of the molecule is CCOC(=O)CCN(C)c1ccncc1Cl. The Bertz CT molecular complexity index is 358. The van der Waals surface area contributed by atoms with Gasteiger partial charge >= 0.3 is 5.97 Å². The van der Waals surface area contributed by atoms with Crippen molar-refractivity contribution in [2.45, 2.75) is 13.3 Å². The highest BCUT2D eigenvalue weighted by molar-refractivity contribution is 6.33. The lowest BCUT2D eigenvalue weighted by Crippen LogP contribution is -2.22. The van der Waals surface area contributed by atoms with E-state index in [1.165, 1.54) is 0 Å². The van der Waals surface area contributed by atoms with Gasteiger partial charge in [-0.15, -0.1) is 0 Å². The summed E-state index contributed by atoms with van der Waals surface area (Å²) < 4.78 is 4.85. The summed E-state index contributed by atoms with van der Waals surface area (Å²) in [4.78, 5) is 17.0. The fraction of sp³-hybridized carbons (Fsp3) is 0.455. The van der Waals surface area contributed by atoms with Gasteiger partial charge in [0.25, 0.3) is 0 Å². The zero-order valence-corrected chi connectivity index (χ0v) is 10.2. The van der Waals surface area contributed by atoms with Gasteiger partial charge in [0, 0.05) is 26.0 Å². The molecule has 0 N–H and O–H groups in total. The Balaban J connectivity index is 2.50. The summed E-state index contributed by atoms with van der Waals surface area (Å²) in [5, 5.41) is 0.578. The number of aromatic nitrogens is 1. The van der Waals surface area contributed by atoms with Crippen LogP contribution >= 0.6 is 11.6 Å². The van der Waals surface area contributed by atoms with Gasteiger partial charge in [0.05, 0.1) is 23.7 Å². The van der Waals surface area contributed by atoms with Crippen molar-refractivity contribution in [3.63, 3.8) is 0 Å². The van der Waals surface area contributed by atoms with E-state index in [4.69, 9.17) is 16.3 Å². The molecule has 88 valence electrons. The summed E-state index contributed by atoms with van der Waals surface area (Å²) in [5.74, 6) is -0.195. The number of ether oxygens (including phenoxy) is 1. The van der Waals surface area contributed by atoms with E-state index in [-0.39, 0.29) is 5.97 Å². The van der Waals surface area contributed by atoms with E-state index < -0.39 is 0 Å². The summed E-state index contributed by atoms with van der Waals surface area (Å²) in [6.45, 7) is 2.78. The molecule has 0 aliphatic carbocycles. The summed E-state index contributed by atoms with van der Waals surface area (Å²) >= 11 is 5.98. The Morgan fingerprint density at radius 3 is 3.00 bits per heavy atom. The van der Waals surface area contributed by atoms with Crippen molar-refractivity contribution in [2.75, 3.05) is 25.1 Å². The van der Waals surface area contributed by atoms with E-state index in [9.17, 15) is 4.79 Å². The van der Waals surface area contributed by atoms with Crippen molar-refractivity contribution >= 4 is 23.3 Å². The van der Waals surface area contributed by atoms with Gasteiger partial charge in [0.15, 0.2) is 0 Å². The minimum absolute atomic E-state index is 0.195. The van der Waals surface area contributed by atoms with E-state index in [2.05, 4.69) is 4.98 Å². The van der Waals surface area contributed by atoms with Crippen molar-refractivity contribution in [1.82, 2.24) is 4.98 Å². The zero-order valence-electron chi connectivity index (χ0n) is 9.44. The number of pyridine rings is 1. The van der Waals surface area contributed by atoms with Crippen LogP contribution in [0.15, 0.2) is 18.5 Å². The smallest absolute Gasteiger partial charge is 0.307 e. The first-order chi connectivity index (χ1) is 7.65. The van der Waals surface area contributed by atoms with Crippen molar-refractivity contribution in [1.29, 1.82) is 0 Å². The molecule has 0 saturated heterocycles. The average Bonchev–Trinajstić information content (AvgIpc) is 2.27. The number of esters is 1. The maximum atomic E-state index is 11.2. The van der Waals surface area contributed by atoms with Crippen molar-refractivity contribution < 1.29 is 9.53 Å². The van der Waals surface area contributed by atoms with Crippen molar-refractivity contribution in [2.24, 2.45) is 0 Å². The van der Waals surface area contributed by atoms with Gasteiger partial charge in [-0.1, -0.05) is 11.6 Å².